The molecule has 0 unspecified atom stereocenters. The molecule has 4 nitrogen and oxygen atoms in total. The van der Waals surface area contributed by atoms with E-state index in [1.54, 1.807) is 18.2 Å². The molecule has 0 aliphatic carbocycles. The van der Waals surface area contributed by atoms with Crippen molar-refractivity contribution in [3.05, 3.63) is 29.6 Å². The van der Waals surface area contributed by atoms with E-state index in [0.29, 0.717) is 6.54 Å². The molecule has 1 aromatic rings. The van der Waals surface area contributed by atoms with E-state index in [4.69, 9.17) is 5.26 Å². The number of hydrogen-bond donors (Lipinski definition) is 1. The minimum atomic E-state index is -0.233. The number of carbonyl (C=O) groups is 1. The molecule has 0 radical (unpaired) electrons. The lowest BCUT2D eigenvalue weighted by Gasteiger charge is -2.22. The summed E-state index contributed by atoms with van der Waals surface area (Å²) in [4.78, 5) is 15.7. The van der Waals surface area contributed by atoms with Crippen LogP contribution in [-0.4, -0.2) is 17.4 Å². The van der Waals surface area contributed by atoms with Crippen molar-refractivity contribution in [3.8, 4) is 6.07 Å². The molecule has 0 spiro atoms. The van der Waals surface area contributed by atoms with Gasteiger partial charge < -0.3 is 5.32 Å². The highest BCUT2D eigenvalue weighted by atomic mass is 16.1. The summed E-state index contributed by atoms with van der Waals surface area (Å²) in [7, 11) is 0. The number of hydrogen-bond acceptors (Lipinski definition) is 3. The number of carbonyl (C=O) groups excluding carboxylic acids is 1. The van der Waals surface area contributed by atoms with Gasteiger partial charge in [-0.05, 0) is 24.0 Å². The van der Waals surface area contributed by atoms with Crippen molar-refractivity contribution in [1.29, 1.82) is 5.26 Å². The number of nitrogens with zero attached hydrogens (tertiary/aromatic N) is 2. The van der Waals surface area contributed by atoms with Crippen LogP contribution in [0, 0.1) is 16.7 Å². The van der Waals surface area contributed by atoms with Crippen LogP contribution in [-0.2, 0) is 0 Å². The molecule has 0 aliphatic rings. The number of rotatable bonds is 4. The molecule has 0 saturated heterocycles. The second kappa shape index (κ2) is 5.44. The van der Waals surface area contributed by atoms with Gasteiger partial charge in [0, 0.05) is 6.54 Å². The van der Waals surface area contributed by atoms with Crippen LogP contribution in [0.5, 0.6) is 0 Å². The van der Waals surface area contributed by atoms with Crippen LogP contribution in [0.4, 0.5) is 0 Å². The molecule has 1 rings (SSSR count). The first-order valence-electron chi connectivity index (χ1n) is 5.64. The summed E-state index contributed by atoms with van der Waals surface area (Å²) in [5, 5.41) is 11.5. The minimum absolute atomic E-state index is 0.0719. The lowest BCUT2D eigenvalue weighted by Crippen LogP contribution is -2.34. The predicted octanol–water partition coefficient (Wildman–Crippen LogP) is 2.12. The molecule has 1 amide bonds. The lowest BCUT2D eigenvalue weighted by atomic mass is 9.90. The predicted molar refractivity (Wildman–Crippen MR) is 65.4 cm³/mol. The minimum Gasteiger partial charge on any atom is -0.350 e. The van der Waals surface area contributed by atoms with Gasteiger partial charge in [0.1, 0.15) is 17.5 Å². The molecule has 4 heteroatoms. The Balaban J connectivity index is 2.68. The normalized spacial score (nSPS) is 10.7. The molecule has 1 aromatic heterocycles. The Labute approximate surface area is 102 Å². The first-order valence-corrected chi connectivity index (χ1v) is 5.64. The van der Waals surface area contributed by atoms with Gasteiger partial charge in [-0.1, -0.05) is 26.8 Å². The second-order valence-corrected chi connectivity index (χ2v) is 4.72. The Kier molecular flexibility index (Phi) is 4.22. The van der Waals surface area contributed by atoms with Crippen LogP contribution in [0.15, 0.2) is 18.2 Å². The van der Waals surface area contributed by atoms with Crippen molar-refractivity contribution in [2.24, 2.45) is 5.41 Å². The molecule has 17 heavy (non-hydrogen) atoms. The molecule has 0 atom stereocenters. The van der Waals surface area contributed by atoms with Crippen molar-refractivity contribution in [3.63, 3.8) is 0 Å². The fourth-order valence-corrected chi connectivity index (χ4v) is 1.16. The summed E-state index contributed by atoms with van der Waals surface area (Å²) in [5.41, 5.74) is 0.617. The standard InChI is InChI=1S/C13H17N3O/c1-4-13(2,3)9-15-12(17)11-7-5-6-10(8-14)16-11/h5-7H,4,9H2,1-3H3,(H,15,17). The van der Waals surface area contributed by atoms with Crippen molar-refractivity contribution in [1.82, 2.24) is 10.3 Å². The fraction of sp³-hybridized carbons (Fsp3) is 0.462. The van der Waals surface area contributed by atoms with Crippen LogP contribution in [0.3, 0.4) is 0 Å². The first-order chi connectivity index (χ1) is 7.98. The summed E-state index contributed by atoms with van der Waals surface area (Å²) in [6.45, 7) is 6.86. The van der Waals surface area contributed by atoms with E-state index < -0.39 is 0 Å². The van der Waals surface area contributed by atoms with Gasteiger partial charge in [0.05, 0.1) is 0 Å². The average Bonchev–Trinajstić information content (AvgIpc) is 2.36. The smallest absolute Gasteiger partial charge is 0.269 e. The Morgan fingerprint density at radius 3 is 2.82 bits per heavy atom. The Morgan fingerprint density at radius 2 is 2.24 bits per heavy atom. The Morgan fingerprint density at radius 1 is 1.53 bits per heavy atom. The third-order valence-corrected chi connectivity index (χ3v) is 2.78. The summed E-state index contributed by atoms with van der Waals surface area (Å²) >= 11 is 0. The van der Waals surface area contributed by atoms with E-state index >= 15 is 0 Å². The maximum atomic E-state index is 11.8. The molecular weight excluding hydrogens is 214 g/mol. The first kappa shape index (κ1) is 13.2. The van der Waals surface area contributed by atoms with Crippen LogP contribution >= 0.6 is 0 Å². The van der Waals surface area contributed by atoms with E-state index in [0.717, 1.165) is 6.42 Å². The topological polar surface area (TPSA) is 65.8 Å². The molecule has 0 aromatic carbocycles. The second-order valence-electron chi connectivity index (χ2n) is 4.72. The Hall–Kier alpha value is -1.89. The third-order valence-electron chi connectivity index (χ3n) is 2.78. The van der Waals surface area contributed by atoms with Gasteiger partial charge in [-0.2, -0.15) is 5.26 Å². The molecule has 0 aliphatic heterocycles. The molecule has 0 fully saturated rings. The number of aromatic nitrogens is 1. The van der Waals surface area contributed by atoms with Crippen molar-refractivity contribution >= 4 is 5.91 Å². The molecule has 0 saturated carbocycles. The van der Waals surface area contributed by atoms with Crippen LogP contribution in [0.25, 0.3) is 0 Å². The van der Waals surface area contributed by atoms with Gasteiger partial charge >= 0.3 is 0 Å². The molecule has 1 N–H and O–H groups in total. The number of pyridine rings is 1. The SMILES string of the molecule is CCC(C)(C)CNC(=O)c1cccc(C#N)n1. The maximum Gasteiger partial charge on any atom is 0.269 e. The van der Waals surface area contributed by atoms with Crippen LogP contribution < -0.4 is 5.32 Å². The van der Waals surface area contributed by atoms with Gasteiger partial charge in [0.15, 0.2) is 0 Å². The quantitative estimate of drug-likeness (QED) is 0.863. The number of nitriles is 1. The molecular formula is C13H17N3O. The maximum absolute atomic E-state index is 11.8. The largest absolute Gasteiger partial charge is 0.350 e. The number of nitrogens with one attached hydrogen (secondary N) is 1. The highest BCUT2D eigenvalue weighted by Crippen LogP contribution is 2.17. The third kappa shape index (κ3) is 3.87. The van der Waals surface area contributed by atoms with Gasteiger partial charge in [0.2, 0.25) is 0 Å². The van der Waals surface area contributed by atoms with Crippen LogP contribution in [0.2, 0.25) is 0 Å². The highest BCUT2D eigenvalue weighted by molar-refractivity contribution is 5.92. The van der Waals surface area contributed by atoms with Crippen molar-refractivity contribution < 1.29 is 4.79 Å². The zero-order chi connectivity index (χ0) is 12.9. The zero-order valence-corrected chi connectivity index (χ0v) is 10.4. The fourth-order valence-electron chi connectivity index (χ4n) is 1.16. The van der Waals surface area contributed by atoms with E-state index in [9.17, 15) is 4.79 Å². The highest BCUT2D eigenvalue weighted by Gasteiger charge is 2.17. The average molecular weight is 231 g/mol. The van der Waals surface area contributed by atoms with Gasteiger partial charge in [-0.15, -0.1) is 0 Å². The number of amides is 1. The van der Waals surface area contributed by atoms with E-state index in [2.05, 4.69) is 31.1 Å². The van der Waals surface area contributed by atoms with E-state index in [-0.39, 0.29) is 22.7 Å². The van der Waals surface area contributed by atoms with Gasteiger partial charge in [-0.3, -0.25) is 4.79 Å². The van der Waals surface area contributed by atoms with Crippen molar-refractivity contribution in [2.45, 2.75) is 27.2 Å². The summed E-state index contributed by atoms with van der Waals surface area (Å²) < 4.78 is 0. The van der Waals surface area contributed by atoms with Gasteiger partial charge in [0.25, 0.3) is 5.91 Å². The summed E-state index contributed by atoms with van der Waals surface area (Å²) in [6, 6.07) is 6.76. The monoisotopic (exact) mass is 231 g/mol. The molecule has 90 valence electrons. The lowest BCUT2D eigenvalue weighted by molar-refractivity contribution is 0.0930. The van der Waals surface area contributed by atoms with E-state index in [1.807, 2.05) is 6.07 Å². The molecule has 1 heterocycles. The van der Waals surface area contributed by atoms with Crippen LogP contribution in [0.1, 0.15) is 43.4 Å². The summed E-state index contributed by atoms with van der Waals surface area (Å²) in [5.74, 6) is -0.233. The Bertz CT molecular complexity index is 446. The molecule has 0 bridgehead atoms. The summed E-state index contributed by atoms with van der Waals surface area (Å²) in [6.07, 6.45) is 0.985. The van der Waals surface area contributed by atoms with Crippen molar-refractivity contribution in [2.75, 3.05) is 6.54 Å². The van der Waals surface area contributed by atoms with Gasteiger partial charge in [-0.25, -0.2) is 4.98 Å². The van der Waals surface area contributed by atoms with E-state index in [1.165, 1.54) is 0 Å². The zero-order valence-electron chi connectivity index (χ0n) is 10.4.